The summed E-state index contributed by atoms with van der Waals surface area (Å²) >= 11 is 0. The van der Waals surface area contributed by atoms with Crippen molar-refractivity contribution in [3.8, 4) is 0 Å². The lowest BCUT2D eigenvalue weighted by molar-refractivity contribution is -0.396. The average Bonchev–Trinajstić information content (AvgIpc) is 3.73. The summed E-state index contributed by atoms with van der Waals surface area (Å²) in [5, 5.41) is 106. The zero-order valence-corrected chi connectivity index (χ0v) is 36.8. The van der Waals surface area contributed by atoms with Gasteiger partial charge in [-0.2, -0.15) is 0 Å². The number of aliphatic hydroxyl groups is 10. The Bertz CT molecular complexity index is 1690. The molecule has 0 unspecified atom stereocenters. The average molecular weight is 915 g/mol. The number of hydrogen-bond donors (Lipinski definition) is 10. The number of ether oxygens (including phenoxy) is 8. The van der Waals surface area contributed by atoms with Crippen molar-refractivity contribution in [2.45, 2.75) is 189 Å². The Kier molecular flexibility index (Phi) is 13.3. The van der Waals surface area contributed by atoms with Crippen LogP contribution in [0.2, 0.25) is 0 Å². The minimum Gasteiger partial charge on any atom is -0.394 e. The molecule has 10 N–H and O–H groups in total. The Morgan fingerprint density at radius 3 is 1.88 bits per heavy atom. The molecule has 19 heteroatoms. The summed E-state index contributed by atoms with van der Waals surface area (Å²) in [4.78, 5) is 14.7. The molecule has 0 amide bonds. The fraction of sp³-hybridized carbons (Fsp3) is 0.933. The van der Waals surface area contributed by atoms with Crippen LogP contribution < -0.4 is 0 Å². The minimum absolute atomic E-state index is 0.0443. The van der Waals surface area contributed by atoms with Crippen molar-refractivity contribution in [2.75, 3.05) is 26.4 Å². The van der Waals surface area contributed by atoms with E-state index in [1.807, 2.05) is 0 Å². The molecular weight excluding hydrogens is 844 g/mol. The fourth-order valence-electron chi connectivity index (χ4n) is 14.2. The van der Waals surface area contributed by atoms with Crippen LogP contribution in [0.3, 0.4) is 0 Å². The normalized spacial score (nSPS) is 56.4. The Hall–Kier alpha value is -1.31. The maximum absolute atomic E-state index is 14.7. The summed E-state index contributed by atoms with van der Waals surface area (Å²) in [7, 11) is 0. The van der Waals surface area contributed by atoms with Gasteiger partial charge in [0.1, 0.15) is 79.0 Å². The maximum atomic E-state index is 14.7. The summed E-state index contributed by atoms with van der Waals surface area (Å²) in [5.41, 5.74) is 0.373. The molecule has 19 nitrogen and oxygen atoms in total. The summed E-state index contributed by atoms with van der Waals surface area (Å²) in [6.45, 7) is 9.02. The smallest absolute Gasteiger partial charge is 0.187 e. The first-order valence-corrected chi connectivity index (χ1v) is 23.4. The third-order valence-electron chi connectivity index (χ3n) is 17.9. The second-order valence-corrected chi connectivity index (χ2v) is 21.0. The summed E-state index contributed by atoms with van der Waals surface area (Å²) in [6, 6.07) is 0. The van der Waals surface area contributed by atoms with Gasteiger partial charge in [-0.05, 0) is 74.0 Å². The summed E-state index contributed by atoms with van der Waals surface area (Å²) < 4.78 is 49.6. The molecule has 9 rings (SSSR count). The van der Waals surface area contributed by atoms with E-state index in [-0.39, 0.29) is 41.1 Å². The van der Waals surface area contributed by atoms with Gasteiger partial charge in [0.25, 0.3) is 0 Å². The summed E-state index contributed by atoms with van der Waals surface area (Å²) in [5.74, 6) is 0.636. The van der Waals surface area contributed by atoms with Crippen molar-refractivity contribution in [3.63, 3.8) is 0 Å². The van der Waals surface area contributed by atoms with Gasteiger partial charge in [0.15, 0.2) is 24.7 Å². The first-order chi connectivity index (χ1) is 30.4. The van der Waals surface area contributed by atoms with Gasteiger partial charge in [0.2, 0.25) is 0 Å². The van der Waals surface area contributed by atoms with Crippen LogP contribution in [0.15, 0.2) is 12.2 Å². The number of carbonyl (C=O) groups excluding carboxylic acids is 1. The second kappa shape index (κ2) is 17.9. The van der Waals surface area contributed by atoms with Gasteiger partial charge in [-0.1, -0.05) is 32.9 Å². The van der Waals surface area contributed by atoms with E-state index in [1.54, 1.807) is 0 Å². The molecule has 5 saturated heterocycles. The van der Waals surface area contributed by atoms with E-state index in [0.29, 0.717) is 37.6 Å². The Morgan fingerprint density at radius 2 is 1.28 bits per heavy atom. The quantitative estimate of drug-likeness (QED) is 0.0917. The Morgan fingerprint density at radius 1 is 0.688 bits per heavy atom. The van der Waals surface area contributed by atoms with E-state index in [0.717, 1.165) is 44.1 Å². The van der Waals surface area contributed by atoms with E-state index < -0.39 is 129 Å². The van der Waals surface area contributed by atoms with Gasteiger partial charge < -0.3 is 89.0 Å². The van der Waals surface area contributed by atoms with Crippen molar-refractivity contribution >= 4 is 5.78 Å². The van der Waals surface area contributed by atoms with Gasteiger partial charge in [-0.25, -0.2) is 0 Å². The lowest BCUT2D eigenvalue weighted by Crippen LogP contribution is -2.67. The number of carbonyl (C=O) groups is 1. The lowest BCUT2D eigenvalue weighted by atomic mass is 9.44. The fourth-order valence-corrected chi connectivity index (χ4v) is 14.2. The van der Waals surface area contributed by atoms with Gasteiger partial charge in [-0.15, -0.1) is 0 Å². The molecule has 9 aliphatic rings. The highest BCUT2D eigenvalue weighted by atomic mass is 16.8. The zero-order chi connectivity index (χ0) is 45.8. The van der Waals surface area contributed by atoms with E-state index in [4.69, 9.17) is 37.9 Å². The van der Waals surface area contributed by atoms with Gasteiger partial charge in [0.05, 0.1) is 38.6 Å². The van der Waals surface area contributed by atoms with E-state index in [1.165, 1.54) is 0 Å². The molecule has 0 radical (unpaired) electrons. The number of fused-ring (bicyclic) bond motifs is 7. The van der Waals surface area contributed by atoms with Crippen LogP contribution >= 0.6 is 0 Å². The number of aliphatic hydroxyl groups excluding tert-OH is 10. The molecule has 364 valence electrons. The van der Waals surface area contributed by atoms with Crippen LogP contribution in [0, 0.1) is 46.3 Å². The van der Waals surface area contributed by atoms with Crippen molar-refractivity contribution in [1.29, 1.82) is 0 Å². The molecule has 0 aromatic rings. The van der Waals surface area contributed by atoms with E-state index in [2.05, 4.69) is 27.4 Å². The molecule has 9 fully saturated rings. The highest BCUT2D eigenvalue weighted by molar-refractivity contribution is 5.87. The molecule has 0 aromatic heterocycles. The highest BCUT2D eigenvalue weighted by Crippen LogP contribution is 2.70. The maximum Gasteiger partial charge on any atom is 0.187 e. The minimum atomic E-state index is -1.90. The number of Topliss-reactive ketones (excluding diaryl/α,β-unsaturated/α-hetero) is 1. The predicted octanol–water partition coefficient (Wildman–Crippen LogP) is -1.63. The van der Waals surface area contributed by atoms with Gasteiger partial charge in [0, 0.05) is 30.1 Å². The van der Waals surface area contributed by atoms with Gasteiger partial charge in [-0.3, -0.25) is 4.79 Å². The predicted molar refractivity (Wildman–Crippen MR) is 216 cm³/mol. The van der Waals surface area contributed by atoms with Crippen molar-refractivity contribution < 1.29 is 93.8 Å². The summed E-state index contributed by atoms with van der Waals surface area (Å²) in [6.07, 6.45) is -18.9. The molecule has 64 heavy (non-hydrogen) atoms. The van der Waals surface area contributed by atoms with E-state index >= 15 is 0 Å². The monoisotopic (exact) mass is 914 g/mol. The van der Waals surface area contributed by atoms with Crippen LogP contribution in [0.5, 0.6) is 0 Å². The third kappa shape index (κ3) is 7.60. The molecule has 1 spiro atoms. The standard InChI is InChI=1S/C45H70O19/c1-18-7-10-45(57-17-18)19(2)30-25(64-45)12-24-22-6-5-20-11-21(8-9-43(20,3)23(22)13-29(49)44(24,30)4)58-42-39(63-41-37(56)35(54)32(51)27(15-47)60-41)38(33(52)28(16-48)61-42)62-40-36(55)34(53)31(50)26(14-46)59-40/h19-28,30-42,46-48,50-56H,1,5-17H2,2-4H3/t19-,20+,21-,22+,23-,24-,25-,26+,27+,28+,30-,31+,32+,33+,34-,35-,36+,37+,38-,39+,40-,41-,42+,43-,44+,45+/m0/s1. The Balaban J connectivity index is 0.938. The third-order valence-corrected chi connectivity index (χ3v) is 17.9. The number of ketones is 1. The van der Waals surface area contributed by atoms with Crippen LogP contribution in [0.4, 0.5) is 0 Å². The topological polar surface area (TPSA) is 293 Å². The molecule has 26 atom stereocenters. The molecule has 5 heterocycles. The van der Waals surface area contributed by atoms with Gasteiger partial charge >= 0.3 is 0 Å². The largest absolute Gasteiger partial charge is 0.394 e. The highest BCUT2D eigenvalue weighted by Gasteiger charge is 2.72. The van der Waals surface area contributed by atoms with E-state index in [9.17, 15) is 55.9 Å². The van der Waals surface area contributed by atoms with Crippen molar-refractivity contribution in [2.24, 2.45) is 46.3 Å². The molecule has 4 saturated carbocycles. The zero-order valence-electron chi connectivity index (χ0n) is 36.8. The first kappa shape index (κ1) is 47.7. The second-order valence-electron chi connectivity index (χ2n) is 21.0. The molecule has 5 aliphatic heterocycles. The first-order valence-electron chi connectivity index (χ1n) is 23.4. The SMILES string of the molecule is C=C1CC[C@@]2(OC1)O[C@H]1C[C@H]3[C@@H]4CC[C@@H]5C[C@@H](O[C@@H]6O[C@H](CO)[C@@H](O)[C@H](O[C@@H]7O[C@H](CO)[C@@H](O)[C@H](O)[C@H]7O)[C@H]6O[C@@H]6O[C@H](CO)[C@@H](O)[C@H](O)[C@H]6O)CC[C@]5(C)[C@H]4CC(=O)[C@]3(C)[C@H]1[C@@H]2C. The van der Waals surface area contributed by atoms with Crippen LogP contribution in [-0.4, -0.2) is 193 Å². The molecule has 0 aromatic carbocycles. The van der Waals surface area contributed by atoms with Crippen molar-refractivity contribution in [1.82, 2.24) is 0 Å². The Labute approximate surface area is 372 Å². The van der Waals surface area contributed by atoms with Crippen LogP contribution in [0.25, 0.3) is 0 Å². The van der Waals surface area contributed by atoms with Crippen molar-refractivity contribution in [3.05, 3.63) is 12.2 Å². The molecule has 4 aliphatic carbocycles. The lowest BCUT2D eigenvalue weighted by Gasteiger charge is -2.61. The molecular formula is C45H70O19. The molecule has 0 bridgehead atoms. The van der Waals surface area contributed by atoms with Crippen LogP contribution in [-0.2, 0) is 42.7 Å². The van der Waals surface area contributed by atoms with Crippen LogP contribution in [0.1, 0.15) is 78.6 Å². The number of rotatable bonds is 9. The number of hydrogen-bond acceptors (Lipinski definition) is 19.